The number of hydrogen-bond donors (Lipinski definition) is 1. The first-order valence-electron chi connectivity index (χ1n) is 10.4. The van der Waals surface area contributed by atoms with E-state index in [1.807, 2.05) is 24.3 Å². The number of aryl methyl sites for hydroxylation is 2. The molecule has 0 spiro atoms. The molecule has 1 saturated heterocycles. The molecule has 0 aromatic heterocycles. The Morgan fingerprint density at radius 3 is 2.79 bits per heavy atom. The number of benzene rings is 2. The van der Waals surface area contributed by atoms with Gasteiger partial charge in [0.1, 0.15) is 0 Å². The van der Waals surface area contributed by atoms with Crippen LogP contribution in [-0.2, 0) is 22.4 Å². The predicted octanol–water partition coefficient (Wildman–Crippen LogP) is 4.68. The minimum Gasteiger partial charge on any atom is -0.326 e. The molecule has 0 radical (unpaired) electrons. The summed E-state index contributed by atoms with van der Waals surface area (Å²) in [4.78, 5) is 27.3. The van der Waals surface area contributed by atoms with E-state index in [0.717, 1.165) is 30.6 Å². The van der Waals surface area contributed by atoms with Crippen LogP contribution in [0.15, 0.2) is 42.5 Å². The molecule has 1 fully saturated rings. The summed E-state index contributed by atoms with van der Waals surface area (Å²) in [5, 5.41) is 3.04. The van der Waals surface area contributed by atoms with Crippen LogP contribution < -0.4 is 10.2 Å². The van der Waals surface area contributed by atoms with E-state index in [4.69, 9.17) is 0 Å². The van der Waals surface area contributed by atoms with Crippen molar-refractivity contribution in [3.63, 3.8) is 0 Å². The van der Waals surface area contributed by atoms with Crippen LogP contribution in [0.1, 0.15) is 55.7 Å². The van der Waals surface area contributed by atoms with E-state index >= 15 is 0 Å². The van der Waals surface area contributed by atoms with Crippen molar-refractivity contribution in [3.8, 4) is 0 Å². The summed E-state index contributed by atoms with van der Waals surface area (Å²) in [5.41, 5.74) is 5.70. The highest BCUT2D eigenvalue weighted by atomic mass is 16.2. The maximum absolute atomic E-state index is 12.8. The molecule has 2 aromatic carbocycles. The van der Waals surface area contributed by atoms with Crippen molar-refractivity contribution in [2.75, 3.05) is 16.8 Å². The van der Waals surface area contributed by atoms with Crippen LogP contribution in [-0.4, -0.2) is 18.4 Å². The Morgan fingerprint density at radius 1 is 1.18 bits per heavy atom. The number of rotatable bonds is 5. The minimum atomic E-state index is -0.314. The van der Waals surface area contributed by atoms with Crippen LogP contribution in [0.3, 0.4) is 0 Å². The summed E-state index contributed by atoms with van der Waals surface area (Å²) in [6.07, 6.45) is 4.69. The summed E-state index contributed by atoms with van der Waals surface area (Å²) >= 11 is 0. The zero-order valence-electron chi connectivity index (χ0n) is 16.7. The van der Waals surface area contributed by atoms with E-state index in [2.05, 4.69) is 37.4 Å². The molecule has 28 heavy (non-hydrogen) atoms. The van der Waals surface area contributed by atoms with Crippen LogP contribution >= 0.6 is 0 Å². The Bertz CT molecular complexity index is 905. The van der Waals surface area contributed by atoms with Gasteiger partial charge in [-0.2, -0.15) is 0 Å². The van der Waals surface area contributed by atoms with Crippen LogP contribution in [0.25, 0.3) is 0 Å². The molecule has 4 rings (SSSR count). The lowest BCUT2D eigenvalue weighted by Crippen LogP contribution is -2.29. The Hall–Kier alpha value is -2.62. The smallest absolute Gasteiger partial charge is 0.229 e. The van der Waals surface area contributed by atoms with Gasteiger partial charge in [0, 0.05) is 24.3 Å². The molecular formula is C24H28N2O2. The Labute approximate surface area is 166 Å². The number of fused-ring (bicyclic) bond motifs is 1. The highest BCUT2D eigenvalue weighted by Gasteiger charge is 2.36. The second-order valence-corrected chi connectivity index (χ2v) is 8.10. The maximum atomic E-state index is 12.8. The molecule has 4 heteroatoms. The summed E-state index contributed by atoms with van der Waals surface area (Å²) < 4.78 is 0. The molecule has 2 atom stereocenters. The van der Waals surface area contributed by atoms with Crippen LogP contribution in [0.4, 0.5) is 11.4 Å². The summed E-state index contributed by atoms with van der Waals surface area (Å²) in [5.74, 6) is 0.0358. The van der Waals surface area contributed by atoms with E-state index in [1.165, 1.54) is 23.1 Å². The van der Waals surface area contributed by atoms with E-state index in [0.29, 0.717) is 12.5 Å². The van der Waals surface area contributed by atoms with Gasteiger partial charge < -0.3 is 10.2 Å². The van der Waals surface area contributed by atoms with E-state index in [9.17, 15) is 9.59 Å². The average Bonchev–Trinajstić information content (AvgIpc) is 3.33. The zero-order chi connectivity index (χ0) is 19.7. The second-order valence-electron chi connectivity index (χ2n) is 8.10. The van der Waals surface area contributed by atoms with E-state index in [-0.39, 0.29) is 24.2 Å². The molecule has 1 N–H and O–H groups in total. The quantitative estimate of drug-likeness (QED) is 0.824. The lowest BCUT2D eigenvalue weighted by Gasteiger charge is -2.23. The average molecular weight is 377 g/mol. The monoisotopic (exact) mass is 376 g/mol. The van der Waals surface area contributed by atoms with Crippen molar-refractivity contribution in [1.82, 2.24) is 0 Å². The van der Waals surface area contributed by atoms with Gasteiger partial charge in [-0.1, -0.05) is 38.1 Å². The van der Waals surface area contributed by atoms with Crippen molar-refractivity contribution in [1.29, 1.82) is 0 Å². The first kappa shape index (κ1) is 18.7. The van der Waals surface area contributed by atoms with Crippen molar-refractivity contribution in [2.45, 2.75) is 51.9 Å². The number of carbonyl (C=O) groups excluding carboxylic acids is 2. The maximum Gasteiger partial charge on any atom is 0.229 e. The summed E-state index contributed by atoms with van der Waals surface area (Å²) in [6.45, 7) is 4.78. The first-order chi connectivity index (χ1) is 13.6. The van der Waals surface area contributed by atoms with Gasteiger partial charge in [-0.3, -0.25) is 9.59 Å². The Kier molecular flexibility index (Phi) is 5.21. The molecule has 1 aliphatic carbocycles. The molecule has 0 unspecified atom stereocenters. The molecule has 2 amide bonds. The van der Waals surface area contributed by atoms with Crippen LogP contribution in [0.5, 0.6) is 0 Å². The van der Waals surface area contributed by atoms with E-state index < -0.39 is 0 Å². The lowest BCUT2D eigenvalue weighted by atomic mass is 9.96. The third-order valence-electron chi connectivity index (χ3n) is 6.23. The van der Waals surface area contributed by atoms with Gasteiger partial charge >= 0.3 is 0 Å². The molecule has 1 heterocycles. The fourth-order valence-corrected chi connectivity index (χ4v) is 4.38. The number of nitrogens with zero attached hydrogens (tertiary/aromatic N) is 1. The summed E-state index contributed by atoms with van der Waals surface area (Å²) in [6, 6.07) is 14.3. The molecule has 0 bridgehead atoms. The van der Waals surface area contributed by atoms with Gasteiger partial charge in [0.15, 0.2) is 0 Å². The van der Waals surface area contributed by atoms with Gasteiger partial charge in [-0.25, -0.2) is 0 Å². The third-order valence-corrected chi connectivity index (χ3v) is 6.23. The summed E-state index contributed by atoms with van der Waals surface area (Å²) in [7, 11) is 0. The van der Waals surface area contributed by atoms with Gasteiger partial charge in [0.2, 0.25) is 11.8 Å². The minimum absolute atomic E-state index is 0.0323. The number of nitrogens with one attached hydrogen (secondary N) is 1. The van der Waals surface area contributed by atoms with Crippen molar-refractivity contribution < 1.29 is 9.59 Å². The van der Waals surface area contributed by atoms with Crippen LogP contribution in [0.2, 0.25) is 0 Å². The lowest BCUT2D eigenvalue weighted by molar-refractivity contribution is -0.122. The molecule has 0 saturated carbocycles. The topological polar surface area (TPSA) is 49.4 Å². The van der Waals surface area contributed by atoms with Gasteiger partial charge in [-0.15, -0.1) is 0 Å². The number of para-hydroxylation sites is 1. The van der Waals surface area contributed by atoms with E-state index in [1.54, 1.807) is 4.90 Å². The molecule has 146 valence electrons. The number of carbonyl (C=O) groups is 2. The molecule has 2 aliphatic rings. The fourth-order valence-electron chi connectivity index (χ4n) is 4.38. The molecule has 2 aromatic rings. The van der Waals surface area contributed by atoms with Crippen molar-refractivity contribution in [3.05, 3.63) is 59.2 Å². The number of amides is 2. The third kappa shape index (κ3) is 3.56. The zero-order valence-corrected chi connectivity index (χ0v) is 16.7. The number of hydrogen-bond acceptors (Lipinski definition) is 2. The molecule has 4 nitrogen and oxygen atoms in total. The normalized spacial score (nSPS) is 19.6. The molecular weight excluding hydrogens is 348 g/mol. The SMILES string of the molecule is CC[C@@H](C)c1ccccc1N1C[C@H](C(=O)Nc2ccc3c(c2)CCC3)CC1=O. The van der Waals surface area contributed by atoms with Crippen molar-refractivity contribution >= 4 is 23.2 Å². The standard InChI is InChI=1S/C24H28N2O2/c1-3-16(2)21-9-4-5-10-22(21)26-15-19(14-23(26)27)24(28)25-20-12-11-17-7-6-8-18(17)13-20/h4-5,9-13,16,19H,3,6-8,14-15H2,1-2H3,(H,25,28)/t16-,19-/m1/s1. The first-order valence-corrected chi connectivity index (χ1v) is 10.4. The van der Waals surface area contributed by atoms with Gasteiger partial charge in [0.25, 0.3) is 0 Å². The van der Waals surface area contributed by atoms with Crippen LogP contribution in [0, 0.1) is 5.92 Å². The Balaban J connectivity index is 1.48. The van der Waals surface area contributed by atoms with Gasteiger partial charge in [-0.05, 0) is 66.5 Å². The number of anilines is 2. The van der Waals surface area contributed by atoms with Gasteiger partial charge in [0.05, 0.1) is 5.92 Å². The predicted molar refractivity (Wildman–Crippen MR) is 113 cm³/mol. The second kappa shape index (κ2) is 7.78. The highest BCUT2D eigenvalue weighted by molar-refractivity contribution is 6.04. The highest BCUT2D eigenvalue weighted by Crippen LogP contribution is 2.34. The Morgan fingerprint density at radius 2 is 1.96 bits per heavy atom. The largest absolute Gasteiger partial charge is 0.326 e. The fraction of sp³-hybridized carbons (Fsp3) is 0.417. The molecule has 1 aliphatic heterocycles. The van der Waals surface area contributed by atoms with Crippen molar-refractivity contribution in [2.24, 2.45) is 5.92 Å².